The fourth-order valence-electron chi connectivity index (χ4n) is 1.95. The minimum Gasteiger partial charge on any atom is -0.321 e. The molecular formula is C13H24N4O2S. The topological polar surface area (TPSA) is 97.1 Å². The fraction of sp³-hybridized carbons (Fsp3) is 0.615. The predicted molar refractivity (Wildman–Crippen MR) is 80.5 cm³/mol. The van der Waals surface area contributed by atoms with E-state index in [2.05, 4.69) is 29.0 Å². The monoisotopic (exact) mass is 300 g/mol. The van der Waals surface area contributed by atoms with Crippen LogP contribution in [0.5, 0.6) is 0 Å². The number of nitrogens with two attached hydrogens (primary N) is 1. The van der Waals surface area contributed by atoms with E-state index in [0.717, 1.165) is 25.7 Å². The molecule has 0 aromatic carbocycles. The number of sulfonamides is 1. The first-order chi connectivity index (χ1) is 9.55. The number of hydrogen-bond donors (Lipinski definition) is 3. The standard InChI is InChI=1S/C13H24N4O2S/c1-3-5-7-11(4-2)10-16-20(18,19)13-12(17-14)8-6-9-15-13/h6,8-9,11,16-17H,3-5,7,10,14H2,1-2H3. The summed E-state index contributed by atoms with van der Waals surface area (Å²) in [6, 6.07) is 3.21. The van der Waals surface area contributed by atoms with Crippen molar-refractivity contribution in [1.82, 2.24) is 9.71 Å². The molecule has 4 N–H and O–H groups in total. The zero-order chi connectivity index (χ0) is 15.0. The maximum Gasteiger partial charge on any atom is 0.260 e. The van der Waals surface area contributed by atoms with Crippen molar-refractivity contribution in [3.8, 4) is 0 Å². The number of nitrogens with one attached hydrogen (secondary N) is 2. The Kier molecular flexibility index (Phi) is 6.90. The molecule has 1 heterocycles. The van der Waals surface area contributed by atoms with Crippen molar-refractivity contribution in [3.05, 3.63) is 18.3 Å². The van der Waals surface area contributed by atoms with Gasteiger partial charge in [0.25, 0.3) is 10.0 Å². The maximum atomic E-state index is 12.2. The average molecular weight is 300 g/mol. The first-order valence-corrected chi connectivity index (χ1v) is 8.44. The van der Waals surface area contributed by atoms with Crippen LogP contribution < -0.4 is 16.0 Å². The molecular weight excluding hydrogens is 276 g/mol. The van der Waals surface area contributed by atoms with Gasteiger partial charge in [-0.3, -0.25) is 5.84 Å². The molecule has 1 atom stereocenters. The SMILES string of the molecule is CCCCC(CC)CNS(=O)(=O)c1ncccc1NN. The lowest BCUT2D eigenvalue weighted by atomic mass is 10.00. The van der Waals surface area contributed by atoms with Gasteiger partial charge >= 0.3 is 0 Å². The number of pyridine rings is 1. The second-order valence-corrected chi connectivity index (χ2v) is 6.45. The Morgan fingerprint density at radius 2 is 2.15 bits per heavy atom. The van der Waals surface area contributed by atoms with Crippen molar-refractivity contribution in [2.75, 3.05) is 12.0 Å². The lowest BCUT2D eigenvalue weighted by Crippen LogP contribution is -2.30. The number of hydrogen-bond acceptors (Lipinski definition) is 5. The van der Waals surface area contributed by atoms with Gasteiger partial charge in [0.15, 0.2) is 5.03 Å². The molecule has 0 saturated carbocycles. The zero-order valence-corrected chi connectivity index (χ0v) is 12.9. The van der Waals surface area contributed by atoms with Crippen LogP contribution in [0.3, 0.4) is 0 Å². The number of nitrogens with zero attached hydrogens (tertiary/aromatic N) is 1. The highest BCUT2D eigenvalue weighted by Gasteiger charge is 2.20. The van der Waals surface area contributed by atoms with Crippen molar-refractivity contribution >= 4 is 15.7 Å². The minimum absolute atomic E-state index is 0.0622. The van der Waals surface area contributed by atoms with Crippen molar-refractivity contribution in [1.29, 1.82) is 0 Å². The third-order valence-electron chi connectivity index (χ3n) is 3.29. The van der Waals surface area contributed by atoms with Gasteiger partial charge in [0.1, 0.15) is 0 Å². The molecule has 0 fully saturated rings. The van der Waals surface area contributed by atoms with Gasteiger partial charge in [-0.2, -0.15) is 0 Å². The Balaban J connectivity index is 2.74. The van der Waals surface area contributed by atoms with Crippen LogP contribution in [0.4, 0.5) is 5.69 Å². The van der Waals surface area contributed by atoms with Crippen LogP contribution in [0.15, 0.2) is 23.4 Å². The van der Waals surface area contributed by atoms with E-state index in [1.54, 1.807) is 12.1 Å². The lowest BCUT2D eigenvalue weighted by Gasteiger charge is -2.16. The lowest BCUT2D eigenvalue weighted by molar-refractivity contribution is 0.443. The smallest absolute Gasteiger partial charge is 0.260 e. The summed E-state index contributed by atoms with van der Waals surface area (Å²) >= 11 is 0. The van der Waals surface area contributed by atoms with Gasteiger partial charge in [-0.25, -0.2) is 18.1 Å². The third kappa shape index (κ3) is 4.73. The molecule has 1 aromatic heterocycles. The summed E-state index contributed by atoms with van der Waals surface area (Å²) < 4.78 is 27.1. The maximum absolute atomic E-state index is 12.2. The van der Waals surface area contributed by atoms with Crippen LogP contribution in [0.2, 0.25) is 0 Å². The van der Waals surface area contributed by atoms with Crippen molar-refractivity contribution in [3.63, 3.8) is 0 Å². The zero-order valence-electron chi connectivity index (χ0n) is 12.1. The molecule has 114 valence electrons. The van der Waals surface area contributed by atoms with Crippen LogP contribution in [0.1, 0.15) is 39.5 Å². The molecule has 0 saturated heterocycles. The van der Waals surface area contributed by atoms with Crippen LogP contribution in [0.25, 0.3) is 0 Å². The van der Waals surface area contributed by atoms with Crippen molar-refractivity contribution in [2.24, 2.45) is 11.8 Å². The average Bonchev–Trinajstić information content (AvgIpc) is 2.47. The summed E-state index contributed by atoms with van der Waals surface area (Å²) in [5, 5.41) is -0.0622. The Bertz CT molecular complexity index is 505. The number of unbranched alkanes of at least 4 members (excludes halogenated alkanes) is 1. The van der Waals surface area contributed by atoms with Gasteiger partial charge in [-0.05, 0) is 24.5 Å². The number of anilines is 1. The summed E-state index contributed by atoms with van der Waals surface area (Å²) in [6.45, 7) is 4.63. The van der Waals surface area contributed by atoms with Gasteiger partial charge < -0.3 is 5.43 Å². The Morgan fingerprint density at radius 3 is 2.75 bits per heavy atom. The Hall–Kier alpha value is -1.18. The molecule has 0 aliphatic carbocycles. The predicted octanol–water partition coefficient (Wildman–Crippen LogP) is 1.86. The quantitative estimate of drug-likeness (QED) is 0.478. The Morgan fingerprint density at radius 1 is 1.40 bits per heavy atom. The number of rotatable bonds is 9. The minimum atomic E-state index is -3.64. The molecule has 0 aliphatic heterocycles. The molecule has 0 radical (unpaired) electrons. The van der Waals surface area contributed by atoms with Gasteiger partial charge in [-0.1, -0.05) is 33.1 Å². The van der Waals surface area contributed by atoms with Gasteiger partial charge in [0, 0.05) is 12.7 Å². The van der Waals surface area contributed by atoms with E-state index in [0.29, 0.717) is 18.2 Å². The summed E-state index contributed by atoms with van der Waals surface area (Å²) in [6.07, 6.45) is 5.64. The molecule has 0 amide bonds. The Labute approximate surface area is 121 Å². The fourth-order valence-corrected chi connectivity index (χ4v) is 3.16. The largest absolute Gasteiger partial charge is 0.321 e. The van der Waals surface area contributed by atoms with Crippen molar-refractivity contribution in [2.45, 2.75) is 44.6 Å². The van der Waals surface area contributed by atoms with E-state index in [4.69, 9.17) is 5.84 Å². The molecule has 20 heavy (non-hydrogen) atoms. The van der Waals surface area contributed by atoms with Crippen molar-refractivity contribution < 1.29 is 8.42 Å². The molecule has 6 nitrogen and oxygen atoms in total. The van der Waals surface area contributed by atoms with E-state index in [1.807, 2.05) is 0 Å². The van der Waals surface area contributed by atoms with Gasteiger partial charge in [-0.15, -0.1) is 0 Å². The number of hydrazine groups is 1. The van der Waals surface area contributed by atoms with Crippen LogP contribution in [-0.2, 0) is 10.0 Å². The summed E-state index contributed by atoms with van der Waals surface area (Å²) in [4.78, 5) is 3.89. The molecule has 0 bridgehead atoms. The molecule has 7 heteroatoms. The number of aromatic nitrogens is 1. The molecule has 0 aliphatic rings. The van der Waals surface area contributed by atoms with Gasteiger partial charge in [0.05, 0.1) is 5.69 Å². The summed E-state index contributed by atoms with van der Waals surface area (Å²) in [7, 11) is -3.64. The van der Waals surface area contributed by atoms with Crippen LogP contribution in [0, 0.1) is 5.92 Å². The first kappa shape index (κ1) is 16.9. The molecule has 1 aromatic rings. The highest BCUT2D eigenvalue weighted by atomic mass is 32.2. The van der Waals surface area contributed by atoms with Gasteiger partial charge in [0.2, 0.25) is 0 Å². The highest BCUT2D eigenvalue weighted by molar-refractivity contribution is 7.89. The second-order valence-electron chi connectivity index (χ2n) is 4.77. The second kappa shape index (κ2) is 8.18. The van der Waals surface area contributed by atoms with Crippen LogP contribution in [-0.4, -0.2) is 19.9 Å². The van der Waals surface area contributed by atoms with E-state index >= 15 is 0 Å². The van der Waals surface area contributed by atoms with E-state index in [9.17, 15) is 8.42 Å². The molecule has 1 rings (SSSR count). The summed E-state index contributed by atoms with van der Waals surface area (Å²) in [5.74, 6) is 5.66. The highest BCUT2D eigenvalue weighted by Crippen LogP contribution is 2.17. The first-order valence-electron chi connectivity index (χ1n) is 6.96. The number of nitrogen functional groups attached to an aromatic ring is 1. The normalized spacial score (nSPS) is 13.2. The van der Waals surface area contributed by atoms with Crippen LogP contribution >= 0.6 is 0 Å². The van der Waals surface area contributed by atoms with E-state index < -0.39 is 10.0 Å². The van der Waals surface area contributed by atoms with E-state index in [-0.39, 0.29) is 5.03 Å². The summed E-state index contributed by atoms with van der Waals surface area (Å²) in [5.41, 5.74) is 2.65. The molecule has 1 unspecified atom stereocenters. The van der Waals surface area contributed by atoms with E-state index in [1.165, 1.54) is 6.20 Å². The molecule has 0 spiro atoms. The third-order valence-corrected chi connectivity index (χ3v) is 4.67.